The minimum Gasteiger partial charge on any atom is -0.326 e. The zero-order chi connectivity index (χ0) is 19.3. The molecule has 4 heterocycles. The van der Waals surface area contributed by atoms with Crippen molar-refractivity contribution in [2.24, 2.45) is 7.05 Å². The molecule has 2 amide bonds. The lowest BCUT2D eigenvalue weighted by Crippen LogP contribution is -2.69. The van der Waals surface area contributed by atoms with Gasteiger partial charge in [-0.1, -0.05) is 30.3 Å². The molecule has 0 bridgehead atoms. The van der Waals surface area contributed by atoms with E-state index < -0.39 is 0 Å². The number of aromatic nitrogens is 2. The number of carbonyl (C=O) groups excluding carboxylic acids is 2. The Morgan fingerprint density at radius 1 is 1.07 bits per heavy atom. The summed E-state index contributed by atoms with van der Waals surface area (Å²) < 4.78 is 1.84. The molecule has 0 N–H and O–H groups in total. The third kappa shape index (κ3) is 2.91. The van der Waals surface area contributed by atoms with Crippen LogP contribution < -0.4 is 0 Å². The van der Waals surface area contributed by atoms with Crippen LogP contribution in [0.4, 0.5) is 0 Å². The Morgan fingerprint density at radius 2 is 1.86 bits per heavy atom. The highest BCUT2D eigenvalue weighted by molar-refractivity contribution is 7.99. The van der Waals surface area contributed by atoms with Crippen LogP contribution in [-0.2, 0) is 23.2 Å². The number of nitrogens with zero attached hydrogens (tertiary/aromatic N) is 5. The lowest BCUT2D eigenvalue weighted by atomic mass is 10.0. The Kier molecular flexibility index (Phi) is 4.40. The maximum absolute atomic E-state index is 13.0. The molecule has 1 aromatic heterocycles. The number of carbonyl (C=O) groups is 2. The molecule has 3 fully saturated rings. The second kappa shape index (κ2) is 6.93. The van der Waals surface area contributed by atoms with Gasteiger partial charge in [0.1, 0.15) is 12.1 Å². The normalized spacial score (nSPS) is 25.2. The standard InChI is InChI=1S/C20H23N5O2S/c1-22-9-15(18(21-22)14-5-3-2-4-6-14)10-23-7-8-24-16(11-23)19(26)25-13-28-12-17(25)20(24)27/h2-6,9,16-17H,7-8,10-13H2,1H3/t16-,17+/m1/s1. The monoisotopic (exact) mass is 397 g/mol. The van der Waals surface area contributed by atoms with Crippen LogP contribution in [0.25, 0.3) is 11.3 Å². The molecule has 28 heavy (non-hydrogen) atoms. The number of rotatable bonds is 3. The van der Waals surface area contributed by atoms with E-state index in [2.05, 4.69) is 28.3 Å². The van der Waals surface area contributed by atoms with E-state index >= 15 is 0 Å². The molecule has 3 saturated heterocycles. The van der Waals surface area contributed by atoms with Gasteiger partial charge >= 0.3 is 0 Å². The minimum absolute atomic E-state index is 0.105. The Labute approximate surface area is 168 Å². The van der Waals surface area contributed by atoms with Gasteiger partial charge in [0.2, 0.25) is 11.8 Å². The number of fused-ring (bicyclic) bond motifs is 2. The largest absolute Gasteiger partial charge is 0.326 e. The summed E-state index contributed by atoms with van der Waals surface area (Å²) in [5.74, 6) is 1.60. The lowest BCUT2D eigenvalue weighted by molar-refractivity contribution is -0.162. The van der Waals surface area contributed by atoms with Gasteiger partial charge in [0.15, 0.2) is 0 Å². The van der Waals surface area contributed by atoms with E-state index in [-0.39, 0.29) is 23.9 Å². The SMILES string of the molecule is Cn1cc(CN2CCN3C(=O)[C@@H]4CSCN4C(=O)[C@H]3C2)c(-c2ccccc2)n1. The first-order valence-corrected chi connectivity index (χ1v) is 10.8. The molecule has 5 rings (SSSR count). The zero-order valence-corrected chi connectivity index (χ0v) is 16.6. The van der Waals surface area contributed by atoms with Crippen molar-refractivity contribution in [2.45, 2.75) is 18.6 Å². The molecule has 0 spiro atoms. The first-order valence-electron chi connectivity index (χ1n) is 9.61. The van der Waals surface area contributed by atoms with Crippen LogP contribution in [0.5, 0.6) is 0 Å². The molecular weight excluding hydrogens is 374 g/mol. The Hall–Kier alpha value is -2.32. The van der Waals surface area contributed by atoms with Gasteiger partial charge in [-0.05, 0) is 0 Å². The fourth-order valence-corrected chi connectivity index (χ4v) is 5.59. The van der Waals surface area contributed by atoms with Crippen molar-refractivity contribution in [1.29, 1.82) is 0 Å². The summed E-state index contributed by atoms with van der Waals surface area (Å²) in [6.45, 7) is 2.70. The minimum atomic E-state index is -0.354. The molecule has 0 aliphatic carbocycles. The topological polar surface area (TPSA) is 61.7 Å². The third-order valence-electron chi connectivity index (χ3n) is 5.83. The molecule has 0 unspecified atom stereocenters. The number of hydrogen-bond acceptors (Lipinski definition) is 5. The van der Waals surface area contributed by atoms with Crippen LogP contribution in [0.3, 0.4) is 0 Å². The van der Waals surface area contributed by atoms with E-state index in [9.17, 15) is 9.59 Å². The molecule has 3 aliphatic heterocycles. The fraction of sp³-hybridized carbons (Fsp3) is 0.450. The van der Waals surface area contributed by atoms with Crippen LogP contribution in [-0.4, -0.2) is 79.6 Å². The average molecular weight is 398 g/mol. The van der Waals surface area contributed by atoms with Crippen molar-refractivity contribution >= 4 is 23.6 Å². The summed E-state index contributed by atoms with van der Waals surface area (Å²) in [6, 6.07) is 9.57. The molecule has 146 valence electrons. The molecule has 7 nitrogen and oxygen atoms in total. The maximum Gasteiger partial charge on any atom is 0.248 e. The van der Waals surface area contributed by atoms with Gasteiger partial charge in [-0.15, -0.1) is 11.8 Å². The van der Waals surface area contributed by atoms with Gasteiger partial charge < -0.3 is 9.80 Å². The molecule has 1 aromatic carbocycles. The van der Waals surface area contributed by atoms with E-state index in [0.717, 1.165) is 35.7 Å². The van der Waals surface area contributed by atoms with Crippen LogP contribution in [0, 0.1) is 0 Å². The Bertz CT molecular complexity index is 915. The second-order valence-corrected chi connectivity index (χ2v) is 8.65. The van der Waals surface area contributed by atoms with Crippen molar-refractivity contribution in [3.05, 3.63) is 42.1 Å². The lowest BCUT2D eigenvalue weighted by Gasteiger charge is -2.47. The van der Waals surface area contributed by atoms with Gasteiger partial charge in [-0.2, -0.15) is 5.10 Å². The molecule has 0 saturated carbocycles. The van der Waals surface area contributed by atoms with E-state index in [4.69, 9.17) is 0 Å². The number of thioether (sulfide) groups is 1. The van der Waals surface area contributed by atoms with Crippen molar-refractivity contribution in [3.8, 4) is 11.3 Å². The van der Waals surface area contributed by atoms with E-state index in [1.54, 1.807) is 16.7 Å². The highest BCUT2D eigenvalue weighted by atomic mass is 32.2. The third-order valence-corrected chi connectivity index (χ3v) is 6.84. The quantitative estimate of drug-likeness (QED) is 0.774. The summed E-state index contributed by atoms with van der Waals surface area (Å²) >= 11 is 1.67. The molecular formula is C20H23N5O2S. The maximum atomic E-state index is 13.0. The summed E-state index contributed by atoms with van der Waals surface area (Å²) in [5.41, 5.74) is 3.22. The number of hydrogen-bond donors (Lipinski definition) is 0. The van der Waals surface area contributed by atoms with Crippen molar-refractivity contribution < 1.29 is 9.59 Å². The summed E-state index contributed by atoms with van der Waals surface area (Å²) in [4.78, 5) is 31.6. The van der Waals surface area contributed by atoms with E-state index in [1.165, 1.54) is 0 Å². The first-order chi connectivity index (χ1) is 13.6. The summed E-state index contributed by atoms with van der Waals surface area (Å²) in [7, 11) is 1.93. The second-order valence-electron chi connectivity index (χ2n) is 7.65. The predicted octanol–water partition coefficient (Wildman–Crippen LogP) is 1.01. The van der Waals surface area contributed by atoms with Gasteiger partial charge in [-0.3, -0.25) is 19.2 Å². The number of piperazine rings is 2. The Morgan fingerprint density at radius 3 is 2.68 bits per heavy atom. The highest BCUT2D eigenvalue weighted by Crippen LogP contribution is 2.31. The number of aryl methyl sites for hydroxylation is 1. The number of benzene rings is 1. The van der Waals surface area contributed by atoms with Gasteiger partial charge in [0.05, 0.1) is 11.6 Å². The highest BCUT2D eigenvalue weighted by Gasteiger charge is 2.49. The summed E-state index contributed by atoms with van der Waals surface area (Å²) in [6.07, 6.45) is 2.05. The van der Waals surface area contributed by atoms with Gasteiger partial charge in [0.25, 0.3) is 0 Å². The predicted molar refractivity (Wildman–Crippen MR) is 107 cm³/mol. The van der Waals surface area contributed by atoms with Gasteiger partial charge in [0, 0.05) is 56.3 Å². The van der Waals surface area contributed by atoms with Crippen LogP contribution in [0.15, 0.2) is 36.5 Å². The van der Waals surface area contributed by atoms with Crippen molar-refractivity contribution in [2.75, 3.05) is 31.3 Å². The zero-order valence-electron chi connectivity index (χ0n) is 15.8. The van der Waals surface area contributed by atoms with E-state index in [1.807, 2.05) is 34.8 Å². The van der Waals surface area contributed by atoms with Crippen LogP contribution >= 0.6 is 11.8 Å². The molecule has 2 aromatic rings. The molecule has 8 heteroatoms. The molecule has 2 atom stereocenters. The first kappa shape index (κ1) is 17.8. The van der Waals surface area contributed by atoms with Gasteiger partial charge in [-0.25, -0.2) is 0 Å². The number of amides is 2. The van der Waals surface area contributed by atoms with Crippen LogP contribution in [0.2, 0.25) is 0 Å². The smallest absolute Gasteiger partial charge is 0.248 e. The molecule has 3 aliphatic rings. The summed E-state index contributed by atoms with van der Waals surface area (Å²) in [5, 5.41) is 4.65. The van der Waals surface area contributed by atoms with E-state index in [0.29, 0.717) is 19.0 Å². The fourth-order valence-electron chi connectivity index (χ4n) is 4.44. The van der Waals surface area contributed by atoms with Crippen molar-refractivity contribution in [1.82, 2.24) is 24.5 Å². The molecule has 0 radical (unpaired) electrons. The van der Waals surface area contributed by atoms with Crippen molar-refractivity contribution in [3.63, 3.8) is 0 Å². The average Bonchev–Trinajstić information content (AvgIpc) is 3.34. The van der Waals surface area contributed by atoms with Crippen LogP contribution in [0.1, 0.15) is 5.56 Å². The Balaban J connectivity index is 1.36.